The number of ether oxygens (including phenoxy) is 1. The van der Waals surface area contributed by atoms with Crippen molar-refractivity contribution in [3.8, 4) is 0 Å². The number of morpholine rings is 1. The molecule has 0 saturated carbocycles. The third-order valence-electron chi connectivity index (χ3n) is 3.67. The van der Waals surface area contributed by atoms with Crippen molar-refractivity contribution in [2.75, 3.05) is 26.3 Å². The SMILES string of the molecule is CC1=C(C(=O)N2CCOCC2)[C@@H](c2cc(Br)cs2)NC(=O)N1. The summed E-state index contributed by atoms with van der Waals surface area (Å²) in [5, 5.41) is 7.49. The van der Waals surface area contributed by atoms with E-state index in [9.17, 15) is 9.59 Å². The van der Waals surface area contributed by atoms with Crippen LogP contribution >= 0.6 is 27.3 Å². The number of carbonyl (C=O) groups is 2. The van der Waals surface area contributed by atoms with Gasteiger partial charge in [-0.25, -0.2) is 4.79 Å². The Labute approximate surface area is 140 Å². The molecule has 1 aromatic heterocycles. The molecule has 2 aliphatic heterocycles. The minimum atomic E-state index is -0.416. The van der Waals surface area contributed by atoms with Gasteiger partial charge in [-0.1, -0.05) is 0 Å². The molecule has 0 unspecified atom stereocenters. The summed E-state index contributed by atoms with van der Waals surface area (Å²) < 4.78 is 6.24. The van der Waals surface area contributed by atoms with Crippen molar-refractivity contribution in [2.24, 2.45) is 0 Å². The summed E-state index contributed by atoms with van der Waals surface area (Å²) in [6.45, 7) is 4.01. The number of hydrogen-bond acceptors (Lipinski definition) is 4. The number of amides is 3. The number of rotatable bonds is 2. The third-order valence-corrected chi connectivity index (χ3v) is 5.43. The molecule has 1 aromatic rings. The zero-order valence-corrected chi connectivity index (χ0v) is 14.4. The number of thiophene rings is 1. The molecule has 8 heteroatoms. The van der Waals surface area contributed by atoms with Crippen LogP contribution in [-0.4, -0.2) is 43.1 Å². The average molecular weight is 386 g/mol. The molecule has 0 spiro atoms. The Morgan fingerprint density at radius 2 is 2.18 bits per heavy atom. The molecule has 6 nitrogen and oxygen atoms in total. The van der Waals surface area contributed by atoms with Crippen molar-refractivity contribution in [3.05, 3.63) is 32.1 Å². The molecule has 3 rings (SSSR count). The monoisotopic (exact) mass is 385 g/mol. The summed E-state index contributed by atoms with van der Waals surface area (Å²) in [4.78, 5) is 27.4. The van der Waals surface area contributed by atoms with Crippen molar-refractivity contribution in [2.45, 2.75) is 13.0 Å². The summed E-state index contributed by atoms with van der Waals surface area (Å²) in [6, 6.07) is 1.23. The first-order valence-corrected chi connectivity index (χ1v) is 8.63. The van der Waals surface area contributed by atoms with Gasteiger partial charge in [0.05, 0.1) is 24.8 Å². The standard InChI is InChI=1S/C14H16BrN3O3S/c1-8-11(13(19)18-2-4-21-5-3-18)12(17-14(20)16-8)10-6-9(15)7-22-10/h6-7,12H,2-5H2,1H3,(H2,16,17,20)/t12-/m1/s1. The minimum Gasteiger partial charge on any atom is -0.378 e. The van der Waals surface area contributed by atoms with Gasteiger partial charge in [-0.3, -0.25) is 4.79 Å². The summed E-state index contributed by atoms with van der Waals surface area (Å²) in [7, 11) is 0. The molecule has 1 atom stereocenters. The molecular weight excluding hydrogens is 370 g/mol. The van der Waals surface area contributed by atoms with E-state index in [-0.39, 0.29) is 11.9 Å². The van der Waals surface area contributed by atoms with Gasteiger partial charge in [0.1, 0.15) is 0 Å². The second kappa shape index (κ2) is 6.39. The lowest BCUT2D eigenvalue weighted by Gasteiger charge is -2.33. The molecule has 0 bridgehead atoms. The van der Waals surface area contributed by atoms with Crippen LogP contribution in [0.2, 0.25) is 0 Å². The Morgan fingerprint density at radius 1 is 1.45 bits per heavy atom. The van der Waals surface area contributed by atoms with Crippen LogP contribution in [0.25, 0.3) is 0 Å². The maximum absolute atomic E-state index is 12.9. The van der Waals surface area contributed by atoms with E-state index in [1.807, 2.05) is 11.4 Å². The summed E-state index contributed by atoms with van der Waals surface area (Å²) in [6.07, 6.45) is 0. The Morgan fingerprint density at radius 3 is 2.82 bits per heavy atom. The van der Waals surface area contributed by atoms with Crippen molar-refractivity contribution < 1.29 is 14.3 Å². The van der Waals surface area contributed by atoms with Crippen LogP contribution < -0.4 is 10.6 Å². The zero-order valence-electron chi connectivity index (χ0n) is 12.0. The predicted octanol–water partition coefficient (Wildman–Crippen LogP) is 2.00. The van der Waals surface area contributed by atoms with E-state index in [4.69, 9.17) is 4.74 Å². The van der Waals surface area contributed by atoms with Gasteiger partial charge in [-0.2, -0.15) is 0 Å². The predicted molar refractivity (Wildman–Crippen MR) is 86.5 cm³/mol. The molecule has 2 N–H and O–H groups in total. The molecular formula is C14H16BrN3O3S. The van der Waals surface area contributed by atoms with Crippen LogP contribution in [0.4, 0.5) is 4.79 Å². The number of allylic oxidation sites excluding steroid dienone is 1. The number of nitrogens with zero attached hydrogens (tertiary/aromatic N) is 1. The Hall–Kier alpha value is -1.38. The van der Waals surface area contributed by atoms with Crippen LogP contribution in [0.5, 0.6) is 0 Å². The fraction of sp³-hybridized carbons (Fsp3) is 0.429. The highest BCUT2D eigenvalue weighted by Gasteiger charge is 2.34. The molecule has 118 valence electrons. The normalized spacial score (nSPS) is 22.4. The van der Waals surface area contributed by atoms with Gasteiger partial charge in [0.15, 0.2) is 0 Å². The number of nitrogens with one attached hydrogen (secondary N) is 2. The quantitative estimate of drug-likeness (QED) is 0.817. The highest BCUT2D eigenvalue weighted by molar-refractivity contribution is 9.10. The van der Waals surface area contributed by atoms with E-state index in [1.165, 1.54) is 11.3 Å². The van der Waals surface area contributed by atoms with E-state index < -0.39 is 6.04 Å². The van der Waals surface area contributed by atoms with Crippen molar-refractivity contribution in [3.63, 3.8) is 0 Å². The fourth-order valence-corrected chi connectivity index (χ4v) is 4.11. The van der Waals surface area contributed by atoms with E-state index in [0.717, 1.165) is 9.35 Å². The smallest absolute Gasteiger partial charge is 0.319 e. The fourth-order valence-electron chi connectivity index (χ4n) is 2.61. The summed E-state index contributed by atoms with van der Waals surface area (Å²) in [5.74, 6) is -0.0529. The van der Waals surface area contributed by atoms with Gasteiger partial charge in [0.25, 0.3) is 5.91 Å². The molecule has 1 fully saturated rings. The second-order valence-electron chi connectivity index (χ2n) is 5.14. The topological polar surface area (TPSA) is 70.7 Å². The Kier molecular flexibility index (Phi) is 4.51. The van der Waals surface area contributed by atoms with Gasteiger partial charge in [-0.15, -0.1) is 11.3 Å². The highest BCUT2D eigenvalue weighted by Crippen LogP contribution is 2.33. The lowest BCUT2D eigenvalue weighted by molar-refractivity contribution is -0.131. The Bertz CT molecular complexity index is 637. The second-order valence-corrected chi connectivity index (χ2v) is 7.00. The highest BCUT2D eigenvalue weighted by atomic mass is 79.9. The van der Waals surface area contributed by atoms with Crippen molar-refractivity contribution >= 4 is 39.2 Å². The first-order chi connectivity index (χ1) is 10.6. The van der Waals surface area contributed by atoms with Crippen LogP contribution in [0.3, 0.4) is 0 Å². The Balaban J connectivity index is 1.94. The first kappa shape index (κ1) is 15.5. The largest absolute Gasteiger partial charge is 0.378 e. The first-order valence-electron chi connectivity index (χ1n) is 6.95. The maximum Gasteiger partial charge on any atom is 0.319 e. The maximum atomic E-state index is 12.9. The number of carbonyl (C=O) groups excluding carboxylic acids is 2. The molecule has 3 amide bonds. The van der Waals surface area contributed by atoms with E-state index >= 15 is 0 Å². The molecule has 22 heavy (non-hydrogen) atoms. The average Bonchev–Trinajstić information content (AvgIpc) is 2.93. The molecule has 2 aliphatic rings. The third kappa shape index (κ3) is 3.04. The van der Waals surface area contributed by atoms with E-state index in [2.05, 4.69) is 26.6 Å². The zero-order chi connectivity index (χ0) is 15.7. The van der Waals surface area contributed by atoms with Gasteiger partial charge >= 0.3 is 6.03 Å². The van der Waals surface area contributed by atoms with E-state index in [0.29, 0.717) is 37.6 Å². The van der Waals surface area contributed by atoms with Crippen LogP contribution in [0.15, 0.2) is 27.2 Å². The number of halogens is 1. The van der Waals surface area contributed by atoms with Gasteiger partial charge in [0.2, 0.25) is 0 Å². The van der Waals surface area contributed by atoms with E-state index in [1.54, 1.807) is 11.8 Å². The van der Waals surface area contributed by atoms with Crippen molar-refractivity contribution in [1.29, 1.82) is 0 Å². The number of hydrogen-bond donors (Lipinski definition) is 2. The minimum absolute atomic E-state index is 0.0529. The number of urea groups is 1. The molecule has 0 radical (unpaired) electrons. The molecule has 1 saturated heterocycles. The van der Waals surface area contributed by atoms with Gasteiger partial charge in [0, 0.05) is 33.5 Å². The summed E-state index contributed by atoms with van der Waals surface area (Å²) >= 11 is 4.93. The lowest BCUT2D eigenvalue weighted by Crippen LogP contribution is -2.49. The van der Waals surface area contributed by atoms with Crippen LogP contribution in [0, 0.1) is 0 Å². The lowest BCUT2D eigenvalue weighted by atomic mass is 10.00. The van der Waals surface area contributed by atoms with Gasteiger partial charge in [-0.05, 0) is 28.9 Å². The molecule has 0 aliphatic carbocycles. The van der Waals surface area contributed by atoms with Crippen LogP contribution in [0.1, 0.15) is 17.8 Å². The molecule has 3 heterocycles. The molecule has 0 aromatic carbocycles. The van der Waals surface area contributed by atoms with Crippen LogP contribution in [-0.2, 0) is 9.53 Å². The van der Waals surface area contributed by atoms with Gasteiger partial charge < -0.3 is 20.3 Å². The summed E-state index contributed by atoms with van der Waals surface area (Å²) in [5.41, 5.74) is 1.20. The van der Waals surface area contributed by atoms with Crippen molar-refractivity contribution in [1.82, 2.24) is 15.5 Å².